The molecule has 0 N–H and O–H groups in total. The fraction of sp³-hybridized carbons (Fsp3) is 1.00. The van der Waals surface area contributed by atoms with Gasteiger partial charge in [-0.05, 0) is 85.9 Å². The molecule has 5 fully saturated rings. The highest BCUT2D eigenvalue weighted by Gasteiger charge is 2.68. The molecule has 5 aliphatic rings. The molecule has 4 bridgehead atoms. The summed E-state index contributed by atoms with van der Waals surface area (Å²) in [6, 6.07) is 0. The Bertz CT molecular complexity index is 291. The van der Waals surface area contributed by atoms with Gasteiger partial charge in [-0.3, -0.25) is 0 Å². The number of rotatable bonds is 1. The molecule has 82 valence electrons. The van der Waals surface area contributed by atoms with Crippen LogP contribution in [0.4, 0.5) is 0 Å². The van der Waals surface area contributed by atoms with Crippen LogP contribution in [0, 0.1) is 47.3 Å². The van der Waals surface area contributed by atoms with Gasteiger partial charge in [0.1, 0.15) is 0 Å². The zero-order valence-electron chi connectivity index (χ0n) is 9.57. The molecule has 7 atom stereocenters. The normalized spacial score (nSPS) is 68.8. The number of fused-ring (bicyclic) bond motifs is 7. The molecule has 0 heteroatoms. The summed E-state index contributed by atoms with van der Waals surface area (Å²) in [6.45, 7) is 0. The van der Waals surface area contributed by atoms with E-state index < -0.39 is 0 Å². The highest BCUT2D eigenvalue weighted by Crippen LogP contribution is 2.74. The average Bonchev–Trinajstić information content (AvgIpc) is 2.79. The van der Waals surface area contributed by atoms with E-state index in [0.717, 1.165) is 0 Å². The second-order valence-electron chi connectivity index (χ2n) is 7.40. The second-order valence-corrected chi connectivity index (χ2v) is 7.40. The van der Waals surface area contributed by atoms with E-state index in [0.29, 0.717) is 0 Å². The van der Waals surface area contributed by atoms with Crippen LogP contribution in [0.1, 0.15) is 44.9 Å². The Hall–Kier alpha value is 0. The van der Waals surface area contributed by atoms with E-state index >= 15 is 0 Å². The predicted molar refractivity (Wildman–Crippen MR) is 60.2 cm³/mol. The first-order valence-corrected chi connectivity index (χ1v) is 7.42. The van der Waals surface area contributed by atoms with E-state index in [1.54, 1.807) is 44.9 Å². The van der Waals surface area contributed by atoms with Crippen molar-refractivity contribution in [2.24, 2.45) is 47.3 Å². The Kier molecular flexibility index (Phi) is 1.34. The van der Waals surface area contributed by atoms with E-state index in [9.17, 15) is 0 Å². The van der Waals surface area contributed by atoms with Gasteiger partial charge in [-0.25, -0.2) is 0 Å². The Morgan fingerprint density at radius 3 is 1.87 bits per heavy atom. The monoisotopic (exact) mass is 202 g/mol. The summed E-state index contributed by atoms with van der Waals surface area (Å²) < 4.78 is 0. The topological polar surface area (TPSA) is 0 Å². The largest absolute Gasteiger partial charge is 0.0502 e. The van der Waals surface area contributed by atoms with Gasteiger partial charge in [0.2, 0.25) is 0 Å². The van der Waals surface area contributed by atoms with Crippen LogP contribution in [0.3, 0.4) is 0 Å². The average molecular weight is 202 g/mol. The highest BCUT2D eigenvalue weighted by molar-refractivity contribution is 5.16. The van der Waals surface area contributed by atoms with Crippen molar-refractivity contribution < 1.29 is 0 Å². The van der Waals surface area contributed by atoms with Crippen molar-refractivity contribution in [1.29, 1.82) is 0 Å². The number of hydrogen-bond donors (Lipinski definition) is 0. The fourth-order valence-corrected chi connectivity index (χ4v) is 6.73. The molecule has 0 nitrogen and oxygen atoms in total. The molecular formula is C15H22. The van der Waals surface area contributed by atoms with Gasteiger partial charge in [0, 0.05) is 0 Å². The summed E-state index contributed by atoms with van der Waals surface area (Å²) in [6.07, 6.45) is 11.4. The molecule has 5 saturated carbocycles. The van der Waals surface area contributed by atoms with Crippen LogP contribution in [-0.2, 0) is 0 Å². The van der Waals surface area contributed by atoms with Crippen molar-refractivity contribution in [2.75, 3.05) is 0 Å². The van der Waals surface area contributed by atoms with Gasteiger partial charge in [0.15, 0.2) is 0 Å². The van der Waals surface area contributed by atoms with Crippen molar-refractivity contribution in [1.82, 2.24) is 0 Å². The minimum atomic E-state index is 1.18. The van der Waals surface area contributed by atoms with Crippen molar-refractivity contribution in [3.8, 4) is 0 Å². The highest BCUT2D eigenvalue weighted by atomic mass is 14.7. The minimum Gasteiger partial charge on any atom is -0.0502 e. The summed E-state index contributed by atoms with van der Waals surface area (Å²) >= 11 is 0. The lowest BCUT2D eigenvalue weighted by Gasteiger charge is -2.24. The molecule has 7 unspecified atom stereocenters. The van der Waals surface area contributed by atoms with Crippen molar-refractivity contribution in [3.63, 3.8) is 0 Å². The van der Waals surface area contributed by atoms with Gasteiger partial charge in [-0.1, -0.05) is 6.42 Å². The maximum absolute atomic E-state index is 1.65. The lowest BCUT2D eigenvalue weighted by Crippen LogP contribution is -2.16. The summed E-state index contributed by atoms with van der Waals surface area (Å²) in [5.41, 5.74) is 0. The van der Waals surface area contributed by atoms with Crippen LogP contribution in [0.25, 0.3) is 0 Å². The van der Waals surface area contributed by atoms with E-state index in [-0.39, 0.29) is 0 Å². The third-order valence-electron chi connectivity index (χ3n) is 7.08. The van der Waals surface area contributed by atoms with Crippen LogP contribution in [-0.4, -0.2) is 0 Å². The van der Waals surface area contributed by atoms with Gasteiger partial charge < -0.3 is 0 Å². The quantitative estimate of drug-likeness (QED) is 0.608. The van der Waals surface area contributed by atoms with E-state index in [1.165, 1.54) is 47.3 Å². The predicted octanol–water partition coefficient (Wildman–Crippen LogP) is 3.71. The van der Waals surface area contributed by atoms with Crippen LogP contribution in [0.5, 0.6) is 0 Å². The number of hydrogen-bond acceptors (Lipinski definition) is 0. The molecule has 15 heavy (non-hydrogen) atoms. The molecule has 0 amide bonds. The van der Waals surface area contributed by atoms with Crippen LogP contribution >= 0.6 is 0 Å². The Morgan fingerprint density at radius 1 is 0.533 bits per heavy atom. The lowest BCUT2D eigenvalue weighted by atomic mass is 9.81. The third kappa shape index (κ3) is 0.875. The molecule has 0 aromatic heterocycles. The Labute approximate surface area is 92.8 Å². The standard InChI is InChI=1S/C15H22/c1-2-9-5-8(1)6-12(9)15-13-10-3-4-11(7-10)14(13)15/h8-15H,1-7H2. The van der Waals surface area contributed by atoms with Crippen molar-refractivity contribution in [3.05, 3.63) is 0 Å². The first-order chi connectivity index (χ1) is 7.42. The fourth-order valence-electron chi connectivity index (χ4n) is 6.73. The van der Waals surface area contributed by atoms with Crippen molar-refractivity contribution >= 4 is 0 Å². The summed E-state index contributed by atoms with van der Waals surface area (Å²) in [5.74, 6) is 9.80. The molecule has 0 saturated heterocycles. The van der Waals surface area contributed by atoms with Gasteiger partial charge >= 0.3 is 0 Å². The molecule has 0 aromatic rings. The molecule has 0 radical (unpaired) electrons. The van der Waals surface area contributed by atoms with Gasteiger partial charge in [-0.15, -0.1) is 0 Å². The second kappa shape index (κ2) is 2.46. The Morgan fingerprint density at radius 2 is 1.27 bits per heavy atom. The smallest absolute Gasteiger partial charge is 0.0315 e. The molecule has 0 spiro atoms. The summed E-state index contributed by atoms with van der Waals surface area (Å²) in [7, 11) is 0. The van der Waals surface area contributed by atoms with Crippen LogP contribution in [0.15, 0.2) is 0 Å². The third-order valence-corrected chi connectivity index (χ3v) is 7.08. The zero-order valence-corrected chi connectivity index (χ0v) is 9.57. The first-order valence-electron chi connectivity index (χ1n) is 7.42. The van der Waals surface area contributed by atoms with Gasteiger partial charge in [-0.2, -0.15) is 0 Å². The maximum atomic E-state index is 1.65. The molecule has 0 heterocycles. The van der Waals surface area contributed by atoms with Gasteiger partial charge in [0.05, 0.1) is 0 Å². The van der Waals surface area contributed by atoms with Crippen molar-refractivity contribution in [2.45, 2.75) is 44.9 Å². The SMILES string of the molecule is C1CC2CC1CC2C1C2C3CCC(C3)C21. The minimum absolute atomic E-state index is 1.18. The maximum Gasteiger partial charge on any atom is -0.0315 e. The Balaban J connectivity index is 1.41. The van der Waals surface area contributed by atoms with Crippen LogP contribution < -0.4 is 0 Å². The molecule has 5 rings (SSSR count). The zero-order chi connectivity index (χ0) is 9.57. The molecule has 5 aliphatic carbocycles. The van der Waals surface area contributed by atoms with E-state index in [4.69, 9.17) is 0 Å². The lowest BCUT2D eigenvalue weighted by molar-refractivity contribution is 0.250. The van der Waals surface area contributed by atoms with Gasteiger partial charge in [0.25, 0.3) is 0 Å². The van der Waals surface area contributed by atoms with E-state index in [2.05, 4.69) is 0 Å². The summed E-state index contributed by atoms with van der Waals surface area (Å²) in [5, 5.41) is 0. The summed E-state index contributed by atoms with van der Waals surface area (Å²) in [4.78, 5) is 0. The molecule has 0 aliphatic heterocycles. The molecule has 0 aromatic carbocycles. The van der Waals surface area contributed by atoms with Crippen LogP contribution in [0.2, 0.25) is 0 Å². The first kappa shape index (κ1) is 8.14. The van der Waals surface area contributed by atoms with E-state index in [1.807, 2.05) is 0 Å². The molecular weight excluding hydrogens is 180 g/mol.